The maximum absolute atomic E-state index is 12.2. The van der Waals surface area contributed by atoms with Crippen LogP contribution < -0.4 is 10.6 Å². The standard InChI is InChI=1S/C23H28ClN3O3/c1-16-13-27(14-17(2)30-16)15-20-7-4-3-6-19(20)11-25-22(28)12-26-23(29)18-8-5-9-21(24)10-18/h3-10,16-17H,11-15H2,1-2H3,(H,25,28)(H,26,29). The van der Waals surface area contributed by atoms with E-state index in [1.165, 1.54) is 5.56 Å². The van der Waals surface area contributed by atoms with Crippen molar-refractivity contribution >= 4 is 23.4 Å². The molecule has 0 aromatic heterocycles. The Labute approximate surface area is 182 Å². The second-order valence-corrected chi connectivity index (χ2v) is 8.13. The Hall–Kier alpha value is -2.41. The Balaban J connectivity index is 1.50. The highest BCUT2D eigenvalue weighted by Crippen LogP contribution is 2.17. The van der Waals surface area contributed by atoms with Crippen molar-refractivity contribution in [2.75, 3.05) is 19.6 Å². The van der Waals surface area contributed by atoms with E-state index >= 15 is 0 Å². The fraction of sp³-hybridized carbons (Fsp3) is 0.391. The Kier molecular flexibility index (Phi) is 7.85. The fourth-order valence-electron chi connectivity index (χ4n) is 3.69. The summed E-state index contributed by atoms with van der Waals surface area (Å²) in [5.41, 5.74) is 2.68. The van der Waals surface area contributed by atoms with E-state index in [2.05, 4.69) is 35.4 Å². The molecule has 160 valence electrons. The normalized spacial score (nSPS) is 19.3. The zero-order chi connectivity index (χ0) is 21.5. The molecule has 0 spiro atoms. The number of benzene rings is 2. The number of halogens is 1. The minimum atomic E-state index is -0.330. The van der Waals surface area contributed by atoms with Gasteiger partial charge in [0.15, 0.2) is 0 Å². The van der Waals surface area contributed by atoms with E-state index in [1.807, 2.05) is 18.2 Å². The summed E-state index contributed by atoms with van der Waals surface area (Å²) < 4.78 is 5.81. The van der Waals surface area contributed by atoms with E-state index in [-0.39, 0.29) is 30.6 Å². The van der Waals surface area contributed by atoms with Crippen molar-refractivity contribution in [3.8, 4) is 0 Å². The largest absolute Gasteiger partial charge is 0.373 e. The number of ether oxygens (including phenoxy) is 1. The van der Waals surface area contributed by atoms with Gasteiger partial charge in [0.25, 0.3) is 5.91 Å². The van der Waals surface area contributed by atoms with E-state index in [9.17, 15) is 9.59 Å². The molecule has 2 aromatic rings. The summed E-state index contributed by atoms with van der Waals surface area (Å²) >= 11 is 5.90. The summed E-state index contributed by atoms with van der Waals surface area (Å²) in [7, 11) is 0. The summed E-state index contributed by atoms with van der Waals surface area (Å²) in [5.74, 6) is -0.572. The summed E-state index contributed by atoms with van der Waals surface area (Å²) in [6, 6.07) is 14.7. The molecule has 6 nitrogen and oxygen atoms in total. The molecule has 2 atom stereocenters. The number of carbonyl (C=O) groups is 2. The average molecular weight is 430 g/mol. The smallest absolute Gasteiger partial charge is 0.251 e. The predicted octanol–water partition coefficient (Wildman–Crippen LogP) is 3.00. The Bertz CT molecular complexity index is 880. The average Bonchev–Trinajstić information content (AvgIpc) is 2.70. The van der Waals surface area contributed by atoms with Crippen LogP contribution in [0.1, 0.15) is 35.3 Å². The van der Waals surface area contributed by atoms with E-state index in [1.54, 1.807) is 24.3 Å². The summed E-state index contributed by atoms with van der Waals surface area (Å²) in [6.45, 7) is 7.10. The molecule has 2 unspecified atom stereocenters. The number of rotatable bonds is 7. The Morgan fingerprint density at radius 3 is 2.43 bits per heavy atom. The molecule has 30 heavy (non-hydrogen) atoms. The fourth-order valence-corrected chi connectivity index (χ4v) is 3.88. The minimum absolute atomic E-state index is 0.0913. The van der Waals surface area contributed by atoms with E-state index < -0.39 is 0 Å². The van der Waals surface area contributed by atoms with Crippen molar-refractivity contribution in [2.24, 2.45) is 0 Å². The first-order valence-electron chi connectivity index (χ1n) is 10.2. The SMILES string of the molecule is CC1CN(Cc2ccccc2CNC(=O)CNC(=O)c2cccc(Cl)c2)CC(C)O1. The third-order valence-corrected chi connectivity index (χ3v) is 5.21. The van der Waals surface area contributed by atoms with Crippen LogP contribution in [0.25, 0.3) is 0 Å². The lowest BCUT2D eigenvalue weighted by Crippen LogP contribution is -2.45. The first kappa shape index (κ1) is 22.3. The monoisotopic (exact) mass is 429 g/mol. The van der Waals surface area contributed by atoms with Gasteiger partial charge < -0.3 is 15.4 Å². The van der Waals surface area contributed by atoms with Crippen LogP contribution in [0.4, 0.5) is 0 Å². The minimum Gasteiger partial charge on any atom is -0.373 e. The lowest BCUT2D eigenvalue weighted by molar-refractivity contribution is -0.120. The van der Waals surface area contributed by atoms with E-state index in [0.717, 1.165) is 25.2 Å². The number of morpholine rings is 1. The van der Waals surface area contributed by atoms with Gasteiger partial charge in [-0.05, 0) is 43.2 Å². The maximum Gasteiger partial charge on any atom is 0.251 e. The number of hydrogen-bond acceptors (Lipinski definition) is 4. The number of carbonyl (C=O) groups excluding carboxylic acids is 2. The highest BCUT2D eigenvalue weighted by molar-refractivity contribution is 6.30. The van der Waals surface area contributed by atoms with Gasteiger partial charge >= 0.3 is 0 Å². The maximum atomic E-state index is 12.2. The molecule has 2 amide bonds. The lowest BCUT2D eigenvalue weighted by Gasteiger charge is -2.35. The molecule has 1 aliphatic heterocycles. The molecule has 0 radical (unpaired) electrons. The number of hydrogen-bond donors (Lipinski definition) is 2. The third-order valence-electron chi connectivity index (χ3n) is 4.98. The number of nitrogens with one attached hydrogen (secondary N) is 2. The Morgan fingerprint density at radius 1 is 1.03 bits per heavy atom. The first-order chi connectivity index (χ1) is 14.4. The van der Waals surface area contributed by atoms with Crippen molar-refractivity contribution in [1.29, 1.82) is 0 Å². The molecule has 2 N–H and O–H groups in total. The van der Waals surface area contributed by atoms with Crippen molar-refractivity contribution < 1.29 is 14.3 Å². The van der Waals surface area contributed by atoms with Crippen LogP contribution >= 0.6 is 11.6 Å². The van der Waals surface area contributed by atoms with E-state index in [4.69, 9.17) is 16.3 Å². The van der Waals surface area contributed by atoms with Gasteiger partial charge in [-0.25, -0.2) is 0 Å². The molecular formula is C23H28ClN3O3. The van der Waals surface area contributed by atoms with Crippen molar-refractivity contribution in [3.05, 3.63) is 70.2 Å². The summed E-state index contributed by atoms with van der Waals surface area (Å²) in [4.78, 5) is 26.7. The van der Waals surface area contributed by atoms with E-state index in [0.29, 0.717) is 17.1 Å². The van der Waals surface area contributed by atoms with Crippen molar-refractivity contribution in [2.45, 2.75) is 39.1 Å². The van der Waals surface area contributed by atoms with Crippen LogP contribution in [-0.4, -0.2) is 48.6 Å². The molecule has 2 aromatic carbocycles. The van der Waals surface area contributed by atoms with Gasteiger partial charge in [0.1, 0.15) is 0 Å². The zero-order valence-electron chi connectivity index (χ0n) is 17.4. The van der Waals surface area contributed by atoms with Gasteiger partial charge in [0, 0.05) is 36.8 Å². The molecule has 0 aliphatic carbocycles. The van der Waals surface area contributed by atoms with Crippen LogP contribution in [0.3, 0.4) is 0 Å². The quantitative estimate of drug-likeness (QED) is 0.709. The van der Waals surface area contributed by atoms with Gasteiger partial charge in [-0.15, -0.1) is 0 Å². The summed E-state index contributed by atoms with van der Waals surface area (Å²) in [6.07, 6.45) is 0.424. The van der Waals surface area contributed by atoms with Gasteiger partial charge in [0.2, 0.25) is 5.91 Å². The first-order valence-corrected chi connectivity index (χ1v) is 10.5. The Morgan fingerprint density at radius 2 is 1.73 bits per heavy atom. The topological polar surface area (TPSA) is 70.7 Å². The van der Waals surface area contributed by atoms with Gasteiger partial charge in [-0.2, -0.15) is 0 Å². The van der Waals surface area contributed by atoms with Gasteiger partial charge in [0.05, 0.1) is 18.8 Å². The van der Waals surface area contributed by atoms with Crippen LogP contribution in [0.5, 0.6) is 0 Å². The lowest BCUT2D eigenvalue weighted by atomic mass is 10.1. The highest BCUT2D eigenvalue weighted by atomic mass is 35.5. The number of amides is 2. The summed E-state index contributed by atoms with van der Waals surface area (Å²) in [5, 5.41) is 5.99. The van der Waals surface area contributed by atoms with Crippen LogP contribution in [0.2, 0.25) is 5.02 Å². The van der Waals surface area contributed by atoms with Gasteiger partial charge in [-0.1, -0.05) is 41.9 Å². The van der Waals surface area contributed by atoms with Crippen molar-refractivity contribution in [3.63, 3.8) is 0 Å². The van der Waals surface area contributed by atoms with Crippen molar-refractivity contribution in [1.82, 2.24) is 15.5 Å². The predicted molar refractivity (Wildman–Crippen MR) is 117 cm³/mol. The second kappa shape index (κ2) is 10.6. The number of nitrogens with zero attached hydrogens (tertiary/aromatic N) is 1. The third kappa shape index (κ3) is 6.55. The molecular weight excluding hydrogens is 402 g/mol. The molecule has 1 aliphatic rings. The van der Waals surface area contributed by atoms with Crippen LogP contribution in [0, 0.1) is 0 Å². The van der Waals surface area contributed by atoms with Crippen LogP contribution in [-0.2, 0) is 22.6 Å². The molecule has 1 saturated heterocycles. The molecule has 3 rings (SSSR count). The van der Waals surface area contributed by atoms with Gasteiger partial charge in [-0.3, -0.25) is 14.5 Å². The second-order valence-electron chi connectivity index (χ2n) is 7.69. The zero-order valence-corrected chi connectivity index (χ0v) is 18.1. The highest BCUT2D eigenvalue weighted by Gasteiger charge is 2.22. The van der Waals surface area contributed by atoms with Crippen LogP contribution in [0.15, 0.2) is 48.5 Å². The molecule has 7 heteroatoms. The molecule has 0 saturated carbocycles. The molecule has 1 heterocycles. The molecule has 0 bridgehead atoms. The molecule has 1 fully saturated rings.